The Balaban J connectivity index is 1.89. The zero-order valence-corrected chi connectivity index (χ0v) is 16.8. The topological polar surface area (TPSA) is 93.2 Å². The van der Waals surface area contributed by atoms with Crippen LogP contribution in [0.1, 0.15) is 12.8 Å². The van der Waals surface area contributed by atoms with Crippen molar-refractivity contribution >= 4 is 29.4 Å². The van der Waals surface area contributed by atoms with Crippen molar-refractivity contribution in [2.45, 2.75) is 18.9 Å². The molecule has 4 rings (SSSR count). The maximum atomic E-state index is 13.5. The minimum Gasteiger partial charge on any atom is -0.465 e. The molecule has 3 fully saturated rings. The number of esters is 2. The molecule has 3 saturated heterocycles. The summed E-state index contributed by atoms with van der Waals surface area (Å²) in [7, 11) is 2.38. The number of benzene rings is 1. The first kappa shape index (κ1) is 19.9. The van der Waals surface area contributed by atoms with E-state index in [9.17, 15) is 19.2 Å². The van der Waals surface area contributed by atoms with Crippen LogP contribution < -0.4 is 4.90 Å². The van der Waals surface area contributed by atoms with Gasteiger partial charge in [0.05, 0.1) is 42.9 Å². The van der Waals surface area contributed by atoms with E-state index in [0.29, 0.717) is 24.4 Å². The Morgan fingerprint density at radius 1 is 1.03 bits per heavy atom. The number of hydrogen-bond acceptors (Lipinski definition) is 7. The number of para-hydroxylation sites is 1. The summed E-state index contributed by atoms with van der Waals surface area (Å²) in [5.41, 5.74) is 0.530. The van der Waals surface area contributed by atoms with Gasteiger partial charge in [0, 0.05) is 18.3 Å². The second kappa shape index (κ2) is 7.44. The summed E-state index contributed by atoms with van der Waals surface area (Å²) in [5.74, 6) is -3.79. The maximum absolute atomic E-state index is 13.5. The second-order valence-electron chi connectivity index (χ2n) is 7.48. The molecule has 3 heterocycles. The zero-order chi connectivity index (χ0) is 21.6. The highest BCUT2D eigenvalue weighted by Gasteiger charge is 2.62. The molecular weight excluding hydrogens is 388 g/mol. The van der Waals surface area contributed by atoms with Crippen molar-refractivity contribution in [2.24, 2.45) is 11.8 Å². The first-order valence-corrected chi connectivity index (χ1v) is 9.72. The van der Waals surface area contributed by atoms with Crippen LogP contribution >= 0.6 is 0 Å². The third-order valence-corrected chi connectivity index (χ3v) is 6.06. The first-order valence-electron chi connectivity index (χ1n) is 9.72. The highest BCUT2D eigenvalue weighted by Crippen LogP contribution is 2.51. The maximum Gasteiger partial charge on any atom is 0.340 e. The molecule has 0 bridgehead atoms. The van der Waals surface area contributed by atoms with Crippen molar-refractivity contribution in [1.29, 1.82) is 0 Å². The van der Waals surface area contributed by atoms with Crippen LogP contribution in [0.2, 0.25) is 0 Å². The number of imide groups is 1. The summed E-state index contributed by atoms with van der Waals surface area (Å²) in [6, 6.07) is 8.47. The summed E-state index contributed by atoms with van der Waals surface area (Å²) >= 11 is 0. The van der Waals surface area contributed by atoms with Gasteiger partial charge in [0.2, 0.25) is 11.8 Å². The Kier molecular flexibility index (Phi) is 4.93. The lowest BCUT2D eigenvalue weighted by Crippen LogP contribution is -2.38. The number of anilines is 1. The number of ether oxygens (including phenoxy) is 2. The van der Waals surface area contributed by atoms with E-state index in [1.807, 2.05) is 4.90 Å². The quantitative estimate of drug-likeness (QED) is 0.421. The van der Waals surface area contributed by atoms with Gasteiger partial charge in [-0.15, -0.1) is 0 Å². The van der Waals surface area contributed by atoms with E-state index >= 15 is 0 Å². The molecule has 0 saturated carbocycles. The number of carbonyl (C=O) groups excluding carboxylic acids is 4. The number of carbonyl (C=O) groups is 4. The van der Waals surface area contributed by atoms with Crippen molar-refractivity contribution in [3.05, 3.63) is 53.8 Å². The summed E-state index contributed by atoms with van der Waals surface area (Å²) in [6.07, 6.45) is 1.52. The van der Waals surface area contributed by atoms with Crippen LogP contribution in [0.25, 0.3) is 0 Å². The standard InChI is InChI=1S/C22H22N2O6/c1-12(21(27)29-2)15(22(28)30-3)18-17-16(14-10-7-11-23(14)18)19(25)24(20(17)26)13-8-5-4-6-9-13/h4-6,8-9,14,16-17H,1,7,10-11H2,2-3H3/b18-15+/t14?,16-,17-/m1/s1. The SMILES string of the molecule is C=C(C(=O)OC)/C(C(=O)OC)=C1/[C@@H]2C(=O)N(c3ccccc3)C(=O)[C@@H]2C2CCCN12. The van der Waals surface area contributed by atoms with E-state index in [1.54, 1.807) is 30.3 Å². The van der Waals surface area contributed by atoms with Crippen LogP contribution in [0.3, 0.4) is 0 Å². The Morgan fingerprint density at radius 2 is 1.70 bits per heavy atom. The van der Waals surface area contributed by atoms with Gasteiger partial charge in [0.15, 0.2) is 0 Å². The fourth-order valence-electron chi connectivity index (χ4n) is 4.85. The molecule has 156 valence electrons. The molecule has 8 nitrogen and oxygen atoms in total. The smallest absolute Gasteiger partial charge is 0.340 e. The van der Waals surface area contributed by atoms with Gasteiger partial charge in [-0.3, -0.25) is 9.59 Å². The number of nitrogens with zero attached hydrogens (tertiary/aromatic N) is 2. The third-order valence-electron chi connectivity index (χ3n) is 6.06. The summed E-state index contributed by atoms with van der Waals surface area (Å²) in [6.45, 7) is 4.30. The number of methoxy groups -OCH3 is 2. The molecule has 3 aliphatic rings. The molecule has 3 atom stereocenters. The lowest BCUT2D eigenvalue weighted by atomic mass is 9.87. The summed E-state index contributed by atoms with van der Waals surface area (Å²) < 4.78 is 9.66. The number of fused-ring (bicyclic) bond motifs is 3. The van der Waals surface area contributed by atoms with E-state index < -0.39 is 29.7 Å². The van der Waals surface area contributed by atoms with E-state index in [-0.39, 0.29) is 23.1 Å². The first-order chi connectivity index (χ1) is 14.4. The molecule has 30 heavy (non-hydrogen) atoms. The molecule has 2 amide bonds. The monoisotopic (exact) mass is 410 g/mol. The van der Waals surface area contributed by atoms with Gasteiger partial charge in [-0.1, -0.05) is 24.8 Å². The zero-order valence-electron chi connectivity index (χ0n) is 16.8. The highest BCUT2D eigenvalue weighted by atomic mass is 16.5. The van der Waals surface area contributed by atoms with Crippen LogP contribution in [0.5, 0.6) is 0 Å². The number of hydrogen-bond donors (Lipinski definition) is 0. The van der Waals surface area contributed by atoms with Crippen LogP contribution in [0.4, 0.5) is 5.69 Å². The minimum atomic E-state index is -0.876. The fourth-order valence-corrected chi connectivity index (χ4v) is 4.85. The predicted molar refractivity (Wildman–Crippen MR) is 106 cm³/mol. The highest BCUT2D eigenvalue weighted by molar-refractivity contribution is 6.24. The molecule has 3 aliphatic heterocycles. The van der Waals surface area contributed by atoms with Crippen LogP contribution in [-0.4, -0.2) is 55.5 Å². The molecule has 0 radical (unpaired) electrons. The van der Waals surface area contributed by atoms with Gasteiger partial charge >= 0.3 is 11.9 Å². The molecule has 0 spiro atoms. The van der Waals surface area contributed by atoms with Gasteiger partial charge in [-0.25, -0.2) is 14.5 Å². The van der Waals surface area contributed by atoms with Crippen molar-refractivity contribution in [2.75, 3.05) is 25.7 Å². The number of rotatable bonds is 4. The normalized spacial score (nSPS) is 26.4. The van der Waals surface area contributed by atoms with E-state index in [1.165, 1.54) is 19.1 Å². The average molecular weight is 410 g/mol. The van der Waals surface area contributed by atoms with E-state index in [0.717, 1.165) is 6.42 Å². The van der Waals surface area contributed by atoms with Gasteiger partial charge < -0.3 is 14.4 Å². The minimum absolute atomic E-state index is 0.0974. The lowest BCUT2D eigenvalue weighted by molar-refractivity contribution is -0.139. The molecule has 8 heteroatoms. The van der Waals surface area contributed by atoms with Crippen molar-refractivity contribution in [3.63, 3.8) is 0 Å². The molecule has 0 aliphatic carbocycles. The molecule has 1 aromatic rings. The summed E-state index contributed by atoms with van der Waals surface area (Å²) in [4.78, 5) is 54.8. The lowest BCUT2D eigenvalue weighted by Gasteiger charge is -2.27. The Bertz CT molecular complexity index is 983. The van der Waals surface area contributed by atoms with Crippen molar-refractivity contribution in [3.8, 4) is 0 Å². The third kappa shape index (κ3) is 2.74. The Morgan fingerprint density at radius 3 is 2.33 bits per heavy atom. The van der Waals surface area contributed by atoms with Crippen molar-refractivity contribution in [1.82, 2.24) is 4.90 Å². The average Bonchev–Trinajstić information content (AvgIpc) is 3.41. The van der Waals surface area contributed by atoms with Crippen LogP contribution in [0, 0.1) is 11.8 Å². The van der Waals surface area contributed by atoms with Gasteiger partial charge in [-0.05, 0) is 25.0 Å². The second-order valence-corrected chi connectivity index (χ2v) is 7.48. The summed E-state index contributed by atoms with van der Waals surface area (Å²) in [5, 5.41) is 0. The van der Waals surface area contributed by atoms with Crippen LogP contribution in [-0.2, 0) is 28.7 Å². The number of amides is 2. The Labute approximate surface area is 173 Å². The molecule has 1 aromatic carbocycles. The van der Waals surface area contributed by atoms with E-state index in [4.69, 9.17) is 9.47 Å². The molecule has 0 aromatic heterocycles. The van der Waals surface area contributed by atoms with Gasteiger partial charge in [0.25, 0.3) is 0 Å². The fraction of sp³-hybridized carbons (Fsp3) is 0.364. The van der Waals surface area contributed by atoms with Gasteiger partial charge in [0.1, 0.15) is 0 Å². The molecule has 1 unspecified atom stereocenters. The largest absolute Gasteiger partial charge is 0.465 e. The van der Waals surface area contributed by atoms with E-state index in [2.05, 4.69) is 6.58 Å². The van der Waals surface area contributed by atoms with Gasteiger partial charge in [-0.2, -0.15) is 0 Å². The molecular formula is C22H22N2O6. The van der Waals surface area contributed by atoms with Crippen LogP contribution in [0.15, 0.2) is 53.8 Å². The Hall–Kier alpha value is -3.42. The van der Waals surface area contributed by atoms with Crippen molar-refractivity contribution < 1.29 is 28.7 Å². The predicted octanol–water partition coefficient (Wildman–Crippen LogP) is 1.43. The molecule has 0 N–H and O–H groups in total.